The Labute approximate surface area is 145 Å². The van der Waals surface area contributed by atoms with Gasteiger partial charge in [0.05, 0.1) is 29.7 Å². The first-order valence-corrected chi connectivity index (χ1v) is 7.90. The lowest BCUT2D eigenvalue weighted by atomic mass is 10.2. The van der Waals surface area contributed by atoms with Gasteiger partial charge < -0.3 is 18.6 Å². The molecule has 0 atom stereocenters. The quantitative estimate of drug-likeness (QED) is 0.710. The molecule has 0 fully saturated rings. The summed E-state index contributed by atoms with van der Waals surface area (Å²) in [5, 5.41) is 0.213. The van der Waals surface area contributed by atoms with Crippen LogP contribution in [0, 0.1) is 0 Å². The number of nitrogens with zero attached hydrogens (tertiary/aromatic N) is 1. The van der Waals surface area contributed by atoms with E-state index < -0.39 is 12.2 Å². The lowest BCUT2D eigenvalue weighted by Gasteiger charge is -2.10. The van der Waals surface area contributed by atoms with E-state index in [1.807, 2.05) is 0 Å². The highest BCUT2D eigenvalue weighted by atomic mass is 19.3. The first-order valence-electron chi connectivity index (χ1n) is 7.90. The second-order valence-corrected chi connectivity index (χ2v) is 5.55. The third kappa shape index (κ3) is 3.05. The number of aromatic nitrogens is 1. The minimum absolute atomic E-state index is 0.117. The van der Waals surface area contributed by atoms with Gasteiger partial charge in [0.2, 0.25) is 5.89 Å². The van der Waals surface area contributed by atoms with Crippen molar-refractivity contribution in [3.05, 3.63) is 46.8 Å². The Bertz CT molecular complexity index is 1020. The van der Waals surface area contributed by atoms with Gasteiger partial charge in [0.25, 0.3) is 0 Å². The van der Waals surface area contributed by atoms with Crippen LogP contribution < -0.4 is 19.8 Å². The third-order valence-corrected chi connectivity index (χ3v) is 3.83. The maximum absolute atomic E-state index is 12.6. The van der Waals surface area contributed by atoms with Crippen molar-refractivity contribution in [1.29, 1.82) is 0 Å². The fraction of sp³-hybridized carbons (Fsp3) is 0.222. The van der Waals surface area contributed by atoms with E-state index in [1.165, 1.54) is 24.3 Å². The molecule has 0 saturated heterocycles. The first-order chi connectivity index (χ1) is 12.6. The SMILES string of the molecule is O=c1oc(-c2ccccc2OC(F)F)nc2cc3c(cc12)OCCCO3. The van der Waals surface area contributed by atoms with Crippen molar-refractivity contribution in [2.24, 2.45) is 0 Å². The number of rotatable bonds is 3. The van der Waals surface area contributed by atoms with E-state index in [1.54, 1.807) is 12.1 Å². The maximum atomic E-state index is 12.6. The highest BCUT2D eigenvalue weighted by molar-refractivity contribution is 5.83. The number of benzene rings is 2. The number of hydrogen-bond donors (Lipinski definition) is 0. The average Bonchev–Trinajstić information content (AvgIpc) is 2.85. The van der Waals surface area contributed by atoms with Gasteiger partial charge in [-0.1, -0.05) is 12.1 Å². The predicted molar refractivity (Wildman–Crippen MR) is 88.0 cm³/mol. The summed E-state index contributed by atoms with van der Waals surface area (Å²) >= 11 is 0. The van der Waals surface area contributed by atoms with Gasteiger partial charge in [0, 0.05) is 18.6 Å². The van der Waals surface area contributed by atoms with Crippen LogP contribution in [0.1, 0.15) is 6.42 Å². The lowest BCUT2D eigenvalue weighted by Crippen LogP contribution is -2.06. The smallest absolute Gasteiger partial charge is 0.387 e. The highest BCUT2D eigenvalue weighted by Crippen LogP contribution is 2.34. The van der Waals surface area contributed by atoms with E-state index in [0.717, 1.165) is 6.42 Å². The topological polar surface area (TPSA) is 70.8 Å². The van der Waals surface area contributed by atoms with Crippen LogP contribution in [0.4, 0.5) is 8.78 Å². The van der Waals surface area contributed by atoms with Gasteiger partial charge in [-0.15, -0.1) is 0 Å². The van der Waals surface area contributed by atoms with Crippen molar-refractivity contribution in [2.45, 2.75) is 13.0 Å². The summed E-state index contributed by atoms with van der Waals surface area (Å²) < 4.78 is 46.1. The molecule has 2 aromatic carbocycles. The van der Waals surface area contributed by atoms with Crippen LogP contribution in [-0.2, 0) is 0 Å². The number of ether oxygens (including phenoxy) is 3. The fourth-order valence-electron chi connectivity index (χ4n) is 2.69. The lowest BCUT2D eigenvalue weighted by molar-refractivity contribution is -0.0495. The number of halogens is 2. The molecule has 2 heterocycles. The zero-order valence-electron chi connectivity index (χ0n) is 13.4. The molecule has 0 saturated carbocycles. The van der Waals surface area contributed by atoms with E-state index in [2.05, 4.69) is 9.72 Å². The molecule has 1 aromatic heterocycles. The number of fused-ring (bicyclic) bond motifs is 2. The van der Waals surface area contributed by atoms with Crippen molar-refractivity contribution in [3.63, 3.8) is 0 Å². The normalized spacial score (nSPS) is 13.7. The molecule has 3 aromatic rings. The molecular formula is C18H13F2NO5. The Hall–Kier alpha value is -3.16. The van der Waals surface area contributed by atoms with Crippen LogP contribution in [-0.4, -0.2) is 24.8 Å². The van der Waals surface area contributed by atoms with E-state index in [-0.39, 0.29) is 22.6 Å². The Morgan fingerprint density at radius 1 is 1.08 bits per heavy atom. The second kappa shape index (κ2) is 6.62. The van der Waals surface area contributed by atoms with E-state index in [9.17, 15) is 13.6 Å². The van der Waals surface area contributed by atoms with Gasteiger partial charge in [0.15, 0.2) is 11.5 Å². The summed E-state index contributed by atoms with van der Waals surface area (Å²) in [6.07, 6.45) is 0.719. The fourth-order valence-corrected chi connectivity index (χ4v) is 2.69. The van der Waals surface area contributed by atoms with Crippen LogP contribution in [0.25, 0.3) is 22.4 Å². The molecule has 4 rings (SSSR count). The standard InChI is InChI=1S/C18H13F2NO5/c19-18(20)25-13-5-2-1-4-10(13)16-21-12-9-15-14(23-6-3-7-24-15)8-11(12)17(22)26-16/h1-2,4-5,8-9,18H,3,6-7H2. The van der Waals surface area contributed by atoms with Gasteiger partial charge in [-0.05, 0) is 12.1 Å². The zero-order chi connectivity index (χ0) is 18.1. The van der Waals surface area contributed by atoms with Gasteiger partial charge >= 0.3 is 12.2 Å². The number of para-hydroxylation sites is 1. The van der Waals surface area contributed by atoms with Crippen molar-refractivity contribution in [3.8, 4) is 28.7 Å². The zero-order valence-corrected chi connectivity index (χ0v) is 13.4. The minimum Gasteiger partial charge on any atom is -0.490 e. The molecule has 0 unspecified atom stereocenters. The molecule has 1 aliphatic heterocycles. The summed E-state index contributed by atoms with van der Waals surface area (Å²) in [4.78, 5) is 16.7. The second-order valence-electron chi connectivity index (χ2n) is 5.55. The number of hydrogen-bond acceptors (Lipinski definition) is 6. The van der Waals surface area contributed by atoms with Crippen molar-refractivity contribution in [1.82, 2.24) is 4.98 Å². The third-order valence-electron chi connectivity index (χ3n) is 3.83. The van der Waals surface area contributed by atoms with Gasteiger partial charge in [0.1, 0.15) is 5.75 Å². The molecule has 0 radical (unpaired) electrons. The van der Waals surface area contributed by atoms with Crippen LogP contribution >= 0.6 is 0 Å². The Morgan fingerprint density at radius 2 is 1.81 bits per heavy atom. The molecular weight excluding hydrogens is 348 g/mol. The summed E-state index contributed by atoms with van der Waals surface area (Å²) in [6, 6.07) is 9.06. The molecule has 6 nitrogen and oxygen atoms in total. The van der Waals surface area contributed by atoms with Crippen LogP contribution in [0.15, 0.2) is 45.6 Å². The maximum Gasteiger partial charge on any atom is 0.387 e. The van der Waals surface area contributed by atoms with E-state index >= 15 is 0 Å². The first kappa shape index (κ1) is 16.3. The molecule has 0 aliphatic carbocycles. The van der Waals surface area contributed by atoms with Crippen LogP contribution in [0.5, 0.6) is 17.2 Å². The highest BCUT2D eigenvalue weighted by Gasteiger charge is 2.18. The van der Waals surface area contributed by atoms with Crippen LogP contribution in [0.3, 0.4) is 0 Å². The summed E-state index contributed by atoms with van der Waals surface area (Å²) in [5.41, 5.74) is -0.196. The Kier molecular flexibility index (Phi) is 4.16. The Balaban J connectivity index is 1.87. The molecule has 8 heteroatoms. The molecule has 1 aliphatic rings. The molecule has 26 heavy (non-hydrogen) atoms. The van der Waals surface area contributed by atoms with Crippen molar-refractivity contribution in [2.75, 3.05) is 13.2 Å². The van der Waals surface area contributed by atoms with Gasteiger partial charge in [-0.3, -0.25) is 0 Å². The molecule has 0 bridgehead atoms. The van der Waals surface area contributed by atoms with Crippen molar-refractivity contribution < 1.29 is 27.4 Å². The summed E-state index contributed by atoms with van der Waals surface area (Å²) in [7, 11) is 0. The van der Waals surface area contributed by atoms with E-state index in [4.69, 9.17) is 13.9 Å². The predicted octanol–water partition coefficient (Wildman–Crippen LogP) is 3.62. The molecule has 0 amide bonds. The molecule has 0 spiro atoms. The minimum atomic E-state index is -3.01. The Morgan fingerprint density at radius 3 is 2.58 bits per heavy atom. The monoisotopic (exact) mass is 361 g/mol. The van der Waals surface area contributed by atoms with Gasteiger partial charge in [-0.25, -0.2) is 9.78 Å². The van der Waals surface area contributed by atoms with Gasteiger partial charge in [-0.2, -0.15) is 8.78 Å². The summed E-state index contributed by atoms with van der Waals surface area (Å²) in [5.74, 6) is 0.662. The largest absolute Gasteiger partial charge is 0.490 e. The summed E-state index contributed by atoms with van der Waals surface area (Å²) in [6.45, 7) is -2.05. The van der Waals surface area contributed by atoms with Crippen molar-refractivity contribution >= 4 is 10.9 Å². The molecule has 0 N–H and O–H groups in total. The molecule has 134 valence electrons. The number of alkyl halides is 2. The van der Waals surface area contributed by atoms with Crippen LogP contribution in [0.2, 0.25) is 0 Å². The average molecular weight is 361 g/mol. The van der Waals surface area contributed by atoms with E-state index in [0.29, 0.717) is 30.2 Å².